The Morgan fingerprint density at radius 1 is 1.35 bits per heavy atom. The average Bonchev–Trinajstić information content (AvgIpc) is 2.73. The smallest absolute Gasteiger partial charge is 0.270 e. The van der Waals surface area contributed by atoms with Gasteiger partial charge in [0, 0.05) is 25.8 Å². The largest absolute Gasteiger partial charge is 0.397 e. The Hall–Kier alpha value is -1.45. The lowest BCUT2D eigenvalue weighted by atomic mass is 9.65. The topological polar surface area (TPSA) is 51.3 Å². The number of hydrogen-bond donors (Lipinski definition) is 1. The minimum absolute atomic E-state index is 0.135. The number of aryl methyl sites for hydroxylation is 1. The van der Waals surface area contributed by atoms with Crippen LogP contribution in [0.3, 0.4) is 0 Å². The van der Waals surface area contributed by atoms with E-state index in [-0.39, 0.29) is 11.3 Å². The summed E-state index contributed by atoms with van der Waals surface area (Å²) in [6.45, 7) is 7.86. The number of anilines is 1. The molecule has 2 aliphatic rings. The Morgan fingerprint density at radius 2 is 2.05 bits per heavy atom. The molecule has 4 nitrogen and oxygen atoms in total. The third kappa shape index (κ3) is 2.11. The van der Waals surface area contributed by atoms with E-state index in [1.165, 1.54) is 6.42 Å². The summed E-state index contributed by atoms with van der Waals surface area (Å²) >= 11 is 0. The molecule has 2 fully saturated rings. The van der Waals surface area contributed by atoms with Crippen molar-refractivity contribution in [3.05, 3.63) is 18.0 Å². The summed E-state index contributed by atoms with van der Waals surface area (Å²) in [6, 6.07) is 2.17. The lowest BCUT2D eigenvalue weighted by Gasteiger charge is -2.39. The van der Waals surface area contributed by atoms with Crippen LogP contribution < -0.4 is 5.73 Å². The summed E-state index contributed by atoms with van der Waals surface area (Å²) in [6.07, 6.45) is 5.26. The van der Waals surface area contributed by atoms with E-state index in [4.69, 9.17) is 5.73 Å². The molecule has 3 rings (SSSR count). The first kappa shape index (κ1) is 13.5. The van der Waals surface area contributed by atoms with Crippen molar-refractivity contribution in [3.63, 3.8) is 0 Å². The normalized spacial score (nSPS) is 31.6. The van der Waals surface area contributed by atoms with E-state index in [9.17, 15) is 4.79 Å². The molecule has 1 saturated heterocycles. The highest BCUT2D eigenvalue weighted by Crippen LogP contribution is 2.52. The van der Waals surface area contributed by atoms with E-state index in [2.05, 4.69) is 25.7 Å². The first-order valence-electron chi connectivity index (χ1n) is 7.42. The Labute approximate surface area is 120 Å². The van der Waals surface area contributed by atoms with Gasteiger partial charge in [-0.2, -0.15) is 0 Å². The van der Waals surface area contributed by atoms with Crippen LogP contribution in [0.1, 0.15) is 50.5 Å². The van der Waals surface area contributed by atoms with Gasteiger partial charge in [-0.3, -0.25) is 4.79 Å². The highest BCUT2D eigenvalue weighted by molar-refractivity contribution is 5.94. The van der Waals surface area contributed by atoms with Gasteiger partial charge in [0.05, 0.1) is 5.69 Å². The Kier molecular flexibility index (Phi) is 2.72. The zero-order chi connectivity index (χ0) is 14.7. The third-order valence-electron chi connectivity index (χ3n) is 4.92. The predicted molar refractivity (Wildman–Crippen MR) is 80.4 cm³/mol. The van der Waals surface area contributed by atoms with Gasteiger partial charge in [0.25, 0.3) is 5.91 Å². The van der Waals surface area contributed by atoms with Crippen LogP contribution in [0.2, 0.25) is 0 Å². The van der Waals surface area contributed by atoms with Gasteiger partial charge >= 0.3 is 0 Å². The Morgan fingerprint density at radius 3 is 2.65 bits per heavy atom. The Bertz CT molecular complexity index is 560. The zero-order valence-corrected chi connectivity index (χ0v) is 12.9. The van der Waals surface area contributed by atoms with Crippen LogP contribution in [0.25, 0.3) is 0 Å². The third-order valence-corrected chi connectivity index (χ3v) is 4.92. The summed E-state index contributed by atoms with van der Waals surface area (Å²) in [7, 11) is 1.89. The van der Waals surface area contributed by atoms with Crippen molar-refractivity contribution >= 4 is 11.6 Å². The molecule has 0 radical (unpaired) electrons. The molecule has 1 saturated carbocycles. The molecule has 1 aromatic rings. The van der Waals surface area contributed by atoms with Crippen molar-refractivity contribution in [2.45, 2.75) is 46.1 Å². The molecule has 4 heteroatoms. The molecule has 1 aliphatic heterocycles. The highest BCUT2D eigenvalue weighted by Gasteiger charge is 2.51. The summed E-state index contributed by atoms with van der Waals surface area (Å²) in [4.78, 5) is 14.9. The maximum Gasteiger partial charge on any atom is 0.270 e. The molecule has 20 heavy (non-hydrogen) atoms. The average molecular weight is 275 g/mol. The number of likely N-dealkylation sites (tertiary alicyclic amines) is 1. The maximum atomic E-state index is 12.8. The molecule has 0 aromatic carbocycles. The molecule has 2 heterocycles. The number of carbonyl (C=O) groups excluding carboxylic acids is 1. The molecule has 1 aliphatic carbocycles. The number of rotatable bonds is 1. The number of fused-ring (bicyclic) bond motifs is 2. The number of nitrogens with two attached hydrogens (primary N) is 1. The minimum Gasteiger partial charge on any atom is -0.397 e. The van der Waals surface area contributed by atoms with Gasteiger partial charge in [0.1, 0.15) is 5.69 Å². The van der Waals surface area contributed by atoms with Crippen LogP contribution in [0, 0.1) is 10.8 Å². The fourth-order valence-electron chi connectivity index (χ4n) is 4.65. The molecular formula is C16H25N3O. The fourth-order valence-corrected chi connectivity index (χ4v) is 4.65. The summed E-state index contributed by atoms with van der Waals surface area (Å²) in [5.41, 5.74) is 7.77. The fraction of sp³-hybridized carbons (Fsp3) is 0.688. The molecule has 2 bridgehead atoms. The van der Waals surface area contributed by atoms with Crippen LogP contribution in [0.5, 0.6) is 0 Å². The molecule has 2 atom stereocenters. The van der Waals surface area contributed by atoms with Gasteiger partial charge in [-0.15, -0.1) is 0 Å². The van der Waals surface area contributed by atoms with Crippen LogP contribution in [0.4, 0.5) is 5.69 Å². The SMILES string of the molecule is Cn1cc(N)cc1C(=O)N1CC2(C)CC1CC(C)(C)C2. The zero-order valence-electron chi connectivity index (χ0n) is 12.9. The van der Waals surface area contributed by atoms with Gasteiger partial charge in [0.2, 0.25) is 0 Å². The Balaban J connectivity index is 1.89. The minimum atomic E-state index is 0.135. The van der Waals surface area contributed by atoms with Crippen molar-refractivity contribution in [1.82, 2.24) is 9.47 Å². The second-order valence-electron chi connectivity index (χ2n) is 7.92. The quantitative estimate of drug-likeness (QED) is 0.856. The van der Waals surface area contributed by atoms with Crippen molar-refractivity contribution in [2.75, 3.05) is 12.3 Å². The van der Waals surface area contributed by atoms with Gasteiger partial charge in [-0.1, -0.05) is 20.8 Å². The van der Waals surface area contributed by atoms with Crippen molar-refractivity contribution in [1.29, 1.82) is 0 Å². The van der Waals surface area contributed by atoms with E-state index < -0.39 is 0 Å². The maximum absolute atomic E-state index is 12.8. The first-order valence-corrected chi connectivity index (χ1v) is 7.42. The monoisotopic (exact) mass is 275 g/mol. The molecule has 2 unspecified atom stereocenters. The number of carbonyl (C=O) groups is 1. The van der Waals surface area contributed by atoms with Crippen LogP contribution in [-0.4, -0.2) is 28.0 Å². The molecule has 110 valence electrons. The van der Waals surface area contributed by atoms with Gasteiger partial charge in [-0.25, -0.2) is 0 Å². The lowest BCUT2D eigenvalue weighted by Crippen LogP contribution is -2.38. The van der Waals surface area contributed by atoms with Crippen molar-refractivity contribution in [2.24, 2.45) is 17.9 Å². The molecular weight excluding hydrogens is 250 g/mol. The molecule has 0 spiro atoms. The van der Waals surface area contributed by atoms with Gasteiger partial charge in [0.15, 0.2) is 0 Å². The molecule has 1 amide bonds. The molecule has 1 aromatic heterocycles. The number of aromatic nitrogens is 1. The van der Waals surface area contributed by atoms with E-state index in [0.29, 0.717) is 22.8 Å². The van der Waals surface area contributed by atoms with Crippen LogP contribution in [0.15, 0.2) is 12.3 Å². The predicted octanol–water partition coefficient (Wildman–Crippen LogP) is 2.65. The highest BCUT2D eigenvalue weighted by atomic mass is 16.2. The van der Waals surface area contributed by atoms with E-state index >= 15 is 0 Å². The number of nitrogens with zero attached hydrogens (tertiary/aromatic N) is 2. The van der Waals surface area contributed by atoms with E-state index in [1.54, 1.807) is 12.3 Å². The number of hydrogen-bond acceptors (Lipinski definition) is 2. The first-order chi connectivity index (χ1) is 9.19. The van der Waals surface area contributed by atoms with E-state index in [0.717, 1.165) is 19.4 Å². The molecule has 2 N–H and O–H groups in total. The standard InChI is InChI=1S/C16H25N3O/c1-15(2)6-12-7-16(3,9-15)10-19(12)14(20)13-5-11(17)8-18(13)4/h5,8,12H,6-7,9-10,17H2,1-4H3. The van der Waals surface area contributed by atoms with Gasteiger partial charge in [-0.05, 0) is 36.2 Å². The summed E-state index contributed by atoms with van der Waals surface area (Å²) < 4.78 is 1.84. The second kappa shape index (κ2) is 4.03. The lowest BCUT2D eigenvalue weighted by molar-refractivity contribution is 0.0698. The van der Waals surface area contributed by atoms with Crippen LogP contribution in [-0.2, 0) is 7.05 Å². The number of nitrogen functional groups attached to an aromatic ring is 1. The van der Waals surface area contributed by atoms with Crippen molar-refractivity contribution in [3.8, 4) is 0 Å². The van der Waals surface area contributed by atoms with E-state index in [1.807, 2.05) is 11.6 Å². The van der Waals surface area contributed by atoms with Crippen molar-refractivity contribution < 1.29 is 4.79 Å². The number of amides is 1. The second-order valence-corrected chi connectivity index (χ2v) is 7.92. The summed E-state index contributed by atoms with van der Waals surface area (Å²) in [5, 5.41) is 0. The van der Waals surface area contributed by atoms with Crippen LogP contribution >= 0.6 is 0 Å². The summed E-state index contributed by atoms with van der Waals surface area (Å²) in [5.74, 6) is 0.135. The van der Waals surface area contributed by atoms with Gasteiger partial charge < -0.3 is 15.2 Å².